The average Bonchev–Trinajstić information content (AvgIpc) is 3.48. The molecule has 1 saturated heterocycles. The molecule has 0 aliphatic carbocycles. The van der Waals surface area contributed by atoms with Crippen molar-refractivity contribution < 1.29 is 22.0 Å². The molecule has 1 amide bonds. The fourth-order valence-corrected chi connectivity index (χ4v) is 4.49. The van der Waals surface area contributed by atoms with Crippen molar-refractivity contribution >= 4 is 27.3 Å². The minimum absolute atomic E-state index is 0.0132. The van der Waals surface area contributed by atoms with Crippen LogP contribution in [0.15, 0.2) is 70.2 Å². The van der Waals surface area contributed by atoms with Gasteiger partial charge in [-0.3, -0.25) is 4.79 Å². The van der Waals surface area contributed by atoms with Crippen molar-refractivity contribution in [2.24, 2.45) is 0 Å². The van der Waals surface area contributed by atoms with E-state index in [2.05, 4.69) is 10.0 Å². The molecule has 2 aromatic carbocycles. The number of para-hydroxylation sites is 1. The first-order valence-electron chi connectivity index (χ1n) is 9.91. The molecule has 1 aliphatic rings. The van der Waals surface area contributed by atoms with Gasteiger partial charge in [0, 0.05) is 18.7 Å². The van der Waals surface area contributed by atoms with E-state index >= 15 is 0 Å². The minimum atomic E-state index is -3.77. The predicted octanol–water partition coefficient (Wildman–Crippen LogP) is 3.75. The predicted molar refractivity (Wildman–Crippen MR) is 115 cm³/mol. The van der Waals surface area contributed by atoms with E-state index in [9.17, 15) is 17.6 Å². The molecule has 2 heterocycles. The summed E-state index contributed by atoms with van der Waals surface area (Å²) in [5.74, 6) is -0.546. The van der Waals surface area contributed by atoms with Crippen molar-refractivity contribution in [3.8, 4) is 0 Å². The fraction of sp³-hybridized carbons (Fsp3) is 0.227. The number of nitrogens with zero attached hydrogens (tertiary/aromatic N) is 1. The number of rotatable bonds is 7. The lowest BCUT2D eigenvalue weighted by Gasteiger charge is -2.22. The van der Waals surface area contributed by atoms with Crippen molar-refractivity contribution in [2.75, 3.05) is 23.3 Å². The number of furan rings is 1. The van der Waals surface area contributed by atoms with Crippen molar-refractivity contribution in [1.82, 2.24) is 4.72 Å². The quantitative estimate of drug-likeness (QED) is 0.580. The lowest BCUT2D eigenvalue weighted by Crippen LogP contribution is -2.23. The number of sulfonamides is 1. The van der Waals surface area contributed by atoms with E-state index in [1.807, 2.05) is 4.90 Å². The zero-order valence-electron chi connectivity index (χ0n) is 16.7. The van der Waals surface area contributed by atoms with Gasteiger partial charge in [0.1, 0.15) is 17.3 Å². The van der Waals surface area contributed by atoms with Gasteiger partial charge in [-0.15, -0.1) is 0 Å². The van der Waals surface area contributed by atoms with E-state index in [4.69, 9.17) is 4.42 Å². The number of anilines is 2. The summed E-state index contributed by atoms with van der Waals surface area (Å²) in [6.45, 7) is 1.64. The maximum Gasteiger partial charge on any atom is 0.255 e. The van der Waals surface area contributed by atoms with Crippen LogP contribution in [0.3, 0.4) is 0 Å². The molecule has 0 radical (unpaired) electrons. The lowest BCUT2D eigenvalue weighted by molar-refractivity contribution is 0.102. The van der Waals surface area contributed by atoms with Crippen LogP contribution in [0.25, 0.3) is 0 Å². The molecule has 0 unspecified atom stereocenters. The number of carbonyl (C=O) groups excluding carboxylic acids is 1. The number of halogens is 1. The molecule has 2 N–H and O–H groups in total. The second-order valence-corrected chi connectivity index (χ2v) is 8.98. The highest BCUT2D eigenvalue weighted by atomic mass is 32.2. The van der Waals surface area contributed by atoms with Gasteiger partial charge in [0.15, 0.2) is 0 Å². The van der Waals surface area contributed by atoms with E-state index < -0.39 is 21.7 Å². The second kappa shape index (κ2) is 8.91. The number of hydrogen-bond donors (Lipinski definition) is 2. The van der Waals surface area contributed by atoms with Gasteiger partial charge < -0.3 is 14.6 Å². The first-order valence-corrected chi connectivity index (χ1v) is 11.4. The number of nitrogens with one attached hydrogen (secondary N) is 2. The normalized spacial score (nSPS) is 14.0. The van der Waals surface area contributed by atoms with Gasteiger partial charge in [-0.25, -0.2) is 17.5 Å². The first kappa shape index (κ1) is 21.1. The van der Waals surface area contributed by atoms with Crippen LogP contribution in [0.5, 0.6) is 0 Å². The maximum absolute atomic E-state index is 14.5. The molecule has 9 heteroatoms. The number of benzene rings is 2. The summed E-state index contributed by atoms with van der Waals surface area (Å²) in [6, 6.07) is 13.5. The van der Waals surface area contributed by atoms with Crippen LogP contribution in [0.4, 0.5) is 15.8 Å². The summed E-state index contributed by atoms with van der Waals surface area (Å²) in [4.78, 5) is 14.8. The summed E-state index contributed by atoms with van der Waals surface area (Å²) < 4.78 is 46.9. The van der Waals surface area contributed by atoms with Gasteiger partial charge in [0.05, 0.1) is 23.4 Å². The molecular formula is C22H22FN3O4S. The van der Waals surface area contributed by atoms with Gasteiger partial charge in [-0.1, -0.05) is 6.07 Å². The van der Waals surface area contributed by atoms with Gasteiger partial charge >= 0.3 is 0 Å². The standard InChI is InChI=1S/C22H22FN3O4S/c23-19-6-3-7-20(26-12-1-2-13-26)21(19)25-22(27)16-8-10-18(11-9-16)31(28,29)24-15-17-5-4-14-30-17/h3-11,14,24H,1-2,12-13,15H2,(H,25,27). The smallest absolute Gasteiger partial charge is 0.255 e. The molecule has 0 atom stereocenters. The third-order valence-corrected chi connectivity index (χ3v) is 6.54. The largest absolute Gasteiger partial charge is 0.468 e. The molecule has 0 spiro atoms. The first-order chi connectivity index (χ1) is 14.9. The topological polar surface area (TPSA) is 91.7 Å². The van der Waals surface area contributed by atoms with E-state index in [1.165, 1.54) is 36.6 Å². The van der Waals surface area contributed by atoms with Crippen LogP contribution in [0.2, 0.25) is 0 Å². The van der Waals surface area contributed by atoms with E-state index in [0.717, 1.165) is 25.9 Å². The SMILES string of the molecule is O=C(Nc1c(F)cccc1N1CCCC1)c1ccc(S(=O)(=O)NCc2ccco2)cc1. The summed E-state index contributed by atoms with van der Waals surface area (Å²) in [5, 5.41) is 2.64. The summed E-state index contributed by atoms with van der Waals surface area (Å²) in [5.41, 5.74) is 0.999. The number of amides is 1. The third kappa shape index (κ3) is 4.78. The van der Waals surface area contributed by atoms with E-state index in [-0.39, 0.29) is 22.7 Å². The van der Waals surface area contributed by atoms with E-state index in [1.54, 1.807) is 24.3 Å². The van der Waals surface area contributed by atoms with Crippen molar-refractivity contribution in [1.29, 1.82) is 0 Å². The molecule has 0 saturated carbocycles. The molecule has 1 fully saturated rings. The van der Waals surface area contributed by atoms with Gasteiger partial charge in [0.2, 0.25) is 10.0 Å². The summed E-state index contributed by atoms with van der Waals surface area (Å²) in [7, 11) is -3.77. The maximum atomic E-state index is 14.5. The van der Waals surface area contributed by atoms with Crippen LogP contribution in [0.1, 0.15) is 29.0 Å². The van der Waals surface area contributed by atoms with Gasteiger partial charge in [-0.2, -0.15) is 0 Å². The van der Waals surface area contributed by atoms with Crippen molar-refractivity contribution in [3.05, 3.63) is 78.0 Å². The zero-order valence-corrected chi connectivity index (χ0v) is 17.5. The van der Waals surface area contributed by atoms with Crippen LogP contribution >= 0.6 is 0 Å². The molecular weight excluding hydrogens is 421 g/mol. The number of carbonyl (C=O) groups is 1. The summed E-state index contributed by atoms with van der Waals surface area (Å²) in [6.07, 6.45) is 3.50. The van der Waals surface area contributed by atoms with E-state index in [0.29, 0.717) is 11.4 Å². The summed E-state index contributed by atoms with van der Waals surface area (Å²) >= 11 is 0. The molecule has 1 aliphatic heterocycles. The van der Waals surface area contributed by atoms with Crippen molar-refractivity contribution in [3.63, 3.8) is 0 Å². The Labute approximate surface area is 179 Å². The minimum Gasteiger partial charge on any atom is -0.468 e. The second-order valence-electron chi connectivity index (χ2n) is 7.21. The molecule has 162 valence electrons. The monoisotopic (exact) mass is 443 g/mol. The lowest BCUT2D eigenvalue weighted by atomic mass is 10.2. The van der Waals surface area contributed by atoms with Gasteiger partial charge in [-0.05, 0) is 61.4 Å². The zero-order chi connectivity index (χ0) is 21.8. The Morgan fingerprint density at radius 3 is 2.45 bits per heavy atom. The van der Waals surface area contributed by atoms with Crippen LogP contribution in [-0.4, -0.2) is 27.4 Å². The van der Waals surface area contributed by atoms with Crippen LogP contribution in [0, 0.1) is 5.82 Å². The Morgan fingerprint density at radius 2 is 1.77 bits per heavy atom. The number of hydrogen-bond acceptors (Lipinski definition) is 5. The molecule has 0 bridgehead atoms. The molecule has 1 aromatic heterocycles. The fourth-order valence-electron chi connectivity index (χ4n) is 3.49. The Morgan fingerprint density at radius 1 is 1.03 bits per heavy atom. The molecule has 4 rings (SSSR count). The highest BCUT2D eigenvalue weighted by molar-refractivity contribution is 7.89. The van der Waals surface area contributed by atoms with Crippen molar-refractivity contribution in [2.45, 2.75) is 24.3 Å². The molecule has 3 aromatic rings. The Hall–Kier alpha value is -3.17. The average molecular weight is 444 g/mol. The Kier molecular flexibility index (Phi) is 6.06. The highest BCUT2D eigenvalue weighted by Gasteiger charge is 2.21. The van der Waals surface area contributed by atoms with Gasteiger partial charge in [0.25, 0.3) is 5.91 Å². The third-order valence-electron chi connectivity index (χ3n) is 5.12. The Bertz CT molecular complexity index is 1160. The molecule has 31 heavy (non-hydrogen) atoms. The van der Waals surface area contributed by atoms with Crippen LogP contribution in [-0.2, 0) is 16.6 Å². The van der Waals surface area contributed by atoms with Crippen LogP contribution < -0.4 is 14.9 Å². The Balaban J connectivity index is 1.48. The highest BCUT2D eigenvalue weighted by Crippen LogP contribution is 2.31. The molecule has 7 nitrogen and oxygen atoms in total.